The first-order valence-corrected chi connectivity index (χ1v) is 20.7. The number of nitrogens with one attached hydrogen (secondary N) is 1. The largest absolute Gasteiger partial charge is 0.472 e. The number of unbranched alkanes of at least 4 members (excludes halogenated alkanes) is 12. The van der Waals surface area contributed by atoms with Gasteiger partial charge in [-0.15, -0.1) is 0 Å². The fraction of sp³-hybridized carbons (Fsp3) is 0.725. The quantitative estimate of drug-likeness (QED) is 0.0271. The maximum absolute atomic E-state index is 12.8. The van der Waals surface area contributed by atoms with Gasteiger partial charge in [-0.3, -0.25) is 13.8 Å². The smallest absolute Gasteiger partial charge is 0.387 e. The number of likely N-dealkylation sites (N-methyl/N-ethyl adjacent to an activating group) is 1. The second kappa shape index (κ2) is 32.1. The molecule has 0 aromatic heterocycles. The Kier molecular flexibility index (Phi) is 31.0. The summed E-state index contributed by atoms with van der Waals surface area (Å²) in [7, 11) is 1.52. The van der Waals surface area contributed by atoms with E-state index in [-0.39, 0.29) is 19.1 Å². The second-order valence-corrected chi connectivity index (χ2v) is 15.4. The second-order valence-electron chi connectivity index (χ2n) is 13.9. The molecule has 49 heavy (non-hydrogen) atoms. The van der Waals surface area contributed by atoms with Gasteiger partial charge >= 0.3 is 7.82 Å². The zero-order valence-electron chi connectivity index (χ0n) is 31.9. The van der Waals surface area contributed by atoms with Crippen LogP contribution in [-0.4, -0.2) is 73.4 Å². The molecule has 3 atom stereocenters. The minimum atomic E-state index is -4.35. The van der Waals surface area contributed by atoms with E-state index in [9.17, 15) is 19.4 Å². The van der Waals surface area contributed by atoms with E-state index in [2.05, 4.69) is 67.8 Å². The van der Waals surface area contributed by atoms with Crippen LogP contribution in [0.1, 0.15) is 136 Å². The Balaban J connectivity index is 4.66. The summed E-state index contributed by atoms with van der Waals surface area (Å²) in [6, 6.07) is -0.876. The molecular formula is C40H74N2O6P+. The molecule has 8 nitrogen and oxygen atoms in total. The number of phosphoric acid groups is 1. The van der Waals surface area contributed by atoms with Crippen molar-refractivity contribution in [1.29, 1.82) is 0 Å². The number of hydrogen-bond acceptors (Lipinski definition) is 5. The van der Waals surface area contributed by atoms with Gasteiger partial charge in [-0.2, -0.15) is 0 Å². The number of allylic oxidation sites excluding steroid dienone is 9. The molecule has 0 aromatic carbocycles. The van der Waals surface area contributed by atoms with Gasteiger partial charge in [0.25, 0.3) is 0 Å². The first-order chi connectivity index (χ1) is 23.5. The van der Waals surface area contributed by atoms with E-state index in [1.807, 2.05) is 27.2 Å². The van der Waals surface area contributed by atoms with Gasteiger partial charge in [0.2, 0.25) is 5.91 Å². The van der Waals surface area contributed by atoms with Crippen LogP contribution in [0.2, 0.25) is 0 Å². The first kappa shape index (κ1) is 47.2. The van der Waals surface area contributed by atoms with Crippen LogP contribution in [0.15, 0.2) is 60.8 Å². The summed E-state index contributed by atoms with van der Waals surface area (Å²) in [5, 5.41) is 13.7. The molecule has 0 heterocycles. The molecule has 1 amide bonds. The molecule has 0 spiro atoms. The van der Waals surface area contributed by atoms with E-state index < -0.39 is 20.0 Å². The molecule has 9 heteroatoms. The summed E-state index contributed by atoms with van der Waals surface area (Å²) in [5.41, 5.74) is 0. The third-order valence-corrected chi connectivity index (χ3v) is 8.92. The van der Waals surface area contributed by atoms with Gasteiger partial charge in [-0.1, -0.05) is 120 Å². The lowest BCUT2D eigenvalue weighted by Gasteiger charge is -2.25. The fourth-order valence-electron chi connectivity index (χ4n) is 4.79. The van der Waals surface area contributed by atoms with Crippen molar-refractivity contribution < 1.29 is 32.9 Å². The van der Waals surface area contributed by atoms with Crippen molar-refractivity contribution in [3.8, 4) is 0 Å². The highest BCUT2D eigenvalue weighted by molar-refractivity contribution is 7.47. The molecule has 0 bridgehead atoms. The summed E-state index contributed by atoms with van der Waals surface area (Å²) < 4.78 is 23.4. The van der Waals surface area contributed by atoms with Gasteiger partial charge in [0.1, 0.15) is 13.2 Å². The van der Waals surface area contributed by atoms with Crippen LogP contribution >= 0.6 is 7.82 Å². The van der Waals surface area contributed by atoms with Crippen molar-refractivity contribution in [3.63, 3.8) is 0 Å². The third kappa shape index (κ3) is 34.4. The van der Waals surface area contributed by atoms with Gasteiger partial charge in [0, 0.05) is 6.42 Å². The molecule has 0 aliphatic rings. The van der Waals surface area contributed by atoms with Crippen LogP contribution < -0.4 is 5.32 Å². The number of phosphoric ester groups is 1. The zero-order valence-corrected chi connectivity index (χ0v) is 32.8. The number of aliphatic hydroxyl groups excluding tert-OH is 1. The number of rotatable bonds is 33. The van der Waals surface area contributed by atoms with Crippen molar-refractivity contribution in [2.24, 2.45) is 0 Å². The monoisotopic (exact) mass is 710 g/mol. The summed E-state index contributed by atoms with van der Waals surface area (Å²) >= 11 is 0. The van der Waals surface area contributed by atoms with Gasteiger partial charge in [-0.25, -0.2) is 4.57 Å². The van der Waals surface area contributed by atoms with Gasteiger partial charge in [-0.05, 0) is 70.6 Å². The molecule has 284 valence electrons. The van der Waals surface area contributed by atoms with Crippen LogP contribution in [0.5, 0.6) is 0 Å². The highest BCUT2D eigenvalue weighted by atomic mass is 31.2. The molecule has 0 aliphatic carbocycles. The Morgan fingerprint density at radius 3 is 1.82 bits per heavy atom. The molecule has 3 unspecified atom stereocenters. The molecule has 3 N–H and O–H groups in total. The number of aliphatic hydroxyl groups is 1. The zero-order chi connectivity index (χ0) is 36.5. The number of carbonyl (C=O) groups is 1. The van der Waals surface area contributed by atoms with E-state index in [0.717, 1.165) is 77.0 Å². The maximum atomic E-state index is 12.8. The molecule has 0 fully saturated rings. The summed E-state index contributed by atoms with van der Waals surface area (Å²) in [4.78, 5) is 23.0. The number of carbonyl (C=O) groups excluding carboxylic acids is 1. The van der Waals surface area contributed by atoms with Crippen molar-refractivity contribution in [1.82, 2.24) is 5.32 Å². The predicted molar refractivity (Wildman–Crippen MR) is 207 cm³/mol. The van der Waals surface area contributed by atoms with E-state index in [4.69, 9.17) is 9.05 Å². The Morgan fingerprint density at radius 2 is 1.20 bits per heavy atom. The Hall–Kier alpha value is -1.80. The Labute approximate surface area is 301 Å². The average molecular weight is 710 g/mol. The van der Waals surface area contributed by atoms with Crippen LogP contribution in [0.3, 0.4) is 0 Å². The molecule has 0 aliphatic heterocycles. The van der Waals surface area contributed by atoms with Gasteiger partial charge in [0.15, 0.2) is 0 Å². The van der Waals surface area contributed by atoms with E-state index in [0.29, 0.717) is 17.4 Å². The summed E-state index contributed by atoms with van der Waals surface area (Å²) in [5.74, 6) is -0.211. The normalized spacial score (nSPS) is 15.3. The van der Waals surface area contributed by atoms with Crippen LogP contribution in [0.25, 0.3) is 0 Å². The predicted octanol–water partition coefficient (Wildman–Crippen LogP) is 9.90. The fourth-order valence-corrected chi connectivity index (χ4v) is 5.53. The summed E-state index contributed by atoms with van der Waals surface area (Å²) in [6.07, 6.45) is 40.0. The molecule has 0 aromatic rings. The Bertz CT molecular complexity index is 986. The van der Waals surface area contributed by atoms with Gasteiger partial charge < -0.3 is 19.8 Å². The average Bonchev–Trinajstić information content (AvgIpc) is 3.04. The topological polar surface area (TPSA) is 105 Å². The summed E-state index contributed by atoms with van der Waals surface area (Å²) in [6.45, 7) is 4.66. The van der Waals surface area contributed by atoms with E-state index in [1.165, 1.54) is 38.5 Å². The Morgan fingerprint density at radius 1 is 0.694 bits per heavy atom. The van der Waals surface area contributed by atoms with Gasteiger partial charge in [0.05, 0.1) is 39.9 Å². The number of amides is 1. The number of hydrogen-bond donors (Lipinski definition) is 3. The molecule has 0 saturated carbocycles. The molecule has 0 rings (SSSR count). The third-order valence-electron chi connectivity index (χ3n) is 7.94. The first-order valence-electron chi connectivity index (χ1n) is 19.2. The highest BCUT2D eigenvalue weighted by Gasteiger charge is 2.27. The standard InChI is InChI=1S/C40H73N2O6P/c1-6-8-10-12-14-16-18-20-22-24-26-28-30-32-34-40(44)41-38(37-48-49(45,46)47-36-35-42(3,4)5)39(43)33-31-29-27-25-23-21-19-17-15-13-11-9-7-2/h12,14-15,17-18,20,23,25,31,33,38-39,43H,6-11,13,16,19,21-22,24,26-30,32,34-37H2,1-5H3,(H-,41,44,45,46)/p+1/b14-12-,17-15+,20-18-,25-23+,33-31+. The van der Waals surface area contributed by atoms with Crippen LogP contribution in [0, 0.1) is 0 Å². The SMILES string of the molecule is CCCC/C=C\C/C=C\CCCCCCCC(=O)NC(COP(=O)(O)OCC[N+](C)(C)C)C(O)/C=C/CC/C=C/CC/C=C/CCCCC. The van der Waals surface area contributed by atoms with Crippen molar-refractivity contribution in [2.45, 2.75) is 148 Å². The van der Waals surface area contributed by atoms with Crippen molar-refractivity contribution in [3.05, 3.63) is 60.8 Å². The van der Waals surface area contributed by atoms with E-state index >= 15 is 0 Å². The number of nitrogens with zero attached hydrogens (tertiary/aromatic N) is 1. The molecule has 0 saturated heterocycles. The van der Waals surface area contributed by atoms with Crippen LogP contribution in [-0.2, 0) is 18.4 Å². The lowest BCUT2D eigenvalue weighted by molar-refractivity contribution is -0.870. The van der Waals surface area contributed by atoms with E-state index in [1.54, 1.807) is 6.08 Å². The lowest BCUT2D eigenvalue weighted by Crippen LogP contribution is -2.45. The highest BCUT2D eigenvalue weighted by Crippen LogP contribution is 2.43. The van der Waals surface area contributed by atoms with Crippen molar-refractivity contribution >= 4 is 13.7 Å². The molecular weight excluding hydrogens is 635 g/mol. The number of quaternary nitrogens is 1. The minimum Gasteiger partial charge on any atom is -0.387 e. The lowest BCUT2D eigenvalue weighted by atomic mass is 10.1. The van der Waals surface area contributed by atoms with Crippen molar-refractivity contribution in [2.75, 3.05) is 40.9 Å². The maximum Gasteiger partial charge on any atom is 0.472 e. The molecule has 0 radical (unpaired) electrons. The minimum absolute atomic E-state index is 0.0479. The van der Waals surface area contributed by atoms with Crippen LogP contribution in [0.4, 0.5) is 0 Å².